The highest BCUT2D eigenvalue weighted by molar-refractivity contribution is 6.07. The molecule has 0 bridgehead atoms. The number of rotatable bonds is 3. The van der Waals surface area contributed by atoms with Gasteiger partial charge in [0.1, 0.15) is 0 Å². The highest BCUT2D eigenvalue weighted by Crippen LogP contribution is 2.33. The van der Waals surface area contributed by atoms with Gasteiger partial charge >= 0.3 is 0 Å². The quantitative estimate of drug-likeness (QED) is 0.415. The summed E-state index contributed by atoms with van der Waals surface area (Å²) in [6, 6.07) is 27.0. The van der Waals surface area contributed by atoms with Crippen molar-refractivity contribution < 1.29 is 4.79 Å². The Morgan fingerprint density at radius 2 is 1.31 bits per heavy atom. The predicted molar refractivity (Wildman–Crippen MR) is 119 cm³/mol. The molecule has 1 aromatic heterocycles. The zero-order valence-electron chi connectivity index (χ0n) is 16.8. The van der Waals surface area contributed by atoms with Crippen LogP contribution >= 0.6 is 0 Å². The SMILES string of the molecule is CC(C)(C)C(=O)c1c(-c2ccccc2)n(-c2ccccc2)c2ccccc2c1=O. The fourth-order valence-corrected chi connectivity index (χ4v) is 3.64. The number of carbonyl (C=O) groups is 1. The third-order valence-corrected chi connectivity index (χ3v) is 5.05. The lowest BCUT2D eigenvalue weighted by molar-refractivity contribution is 0.0857. The second kappa shape index (κ2) is 7.17. The van der Waals surface area contributed by atoms with Gasteiger partial charge in [0, 0.05) is 16.5 Å². The van der Waals surface area contributed by atoms with Gasteiger partial charge in [-0.05, 0) is 29.8 Å². The minimum atomic E-state index is -0.681. The van der Waals surface area contributed by atoms with Gasteiger partial charge in [-0.15, -0.1) is 0 Å². The Hall–Kier alpha value is -3.46. The van der Waals surface area contributed by atoms with Gasteiger partial charge in [-0.3, -0.25) is 9.59 Å². The zero-order valence-corrected chi connectivity index (χ0v) is 16.8. The molecule has 0 atom stereocenters. The van der Waals surface area contributed by atoms with E-state index >= 15 is 0 Å². The van der Waals surface area contributed by atoms with E-state index < -0.39 is 5.41 Å². The average Bonchev–Trinajstić information content (AvgIpc) is 2.74. The van der Waals surface area contributed by atoms with E-state index in [2.05, 4.69) is 0 Å². The number of hydrogen-bond acceptors (Lipinski definition) is 2. The van der Waals surface area contributed by atoms with E-state index in [1.807, 2.05) is 104 Å². The Balaban J connectivity index is 2.27. The number of aromatic nitrogens is 1. The topological polar surface area (TPSA) is 39.1 Å². The molecule has 0 aliphatic carbocycles. The van der Waals surface area contributed by atoms with Crippen LogP contribution in [0.3, 0.4) is 0 Å². The molecule has 3 heteroatoms. The minimum Gasteiger partial charge on any atom is -0.308 e. The van der Waals surface area contributed by atoms with Gasteiger partial charge in [-0.25, -0.2) is 0 Å². The number of carbonyl (C=O) groups excluding carboxylic acids is 1. The molecule has 0 aliphatic rings. The molecule has 0 unspecified atom stereocenters. The average molecular weight is 381 g/mol. The molecule has 29 heavy (non-hydrogen) atoms. The van der Waals surface area contributed by atoms with Crippen molar-refractivity contribution in [2.45, 2.75) is 20.8 Å². The molecule has 0 saturated heterocycles. The number of benzene rings is 3. The summed E-state index contributed by atoms with van der Waals surface area (Å²) in [7, 11) is 0. The van der Waals surface area contributed by atoms with Gasteiger partial charge in [0.05, 0.1) is 16.8 Å². The normalized spacial score (nSPS) is 11.6. The first-order valence-electron chi connectivity index (χ1n) is 9.73. The van der Waals surface area contributed by atoms with Crippen LogP contribution in [0, 0.1) is 5.41 Å². The number of hydrogen-bond donors (Lipinski definition) is 0. The molecule has 0 amide bonds. The summed E-state index contributed by atoms with van der Waals surface area (Å²) in [4.78, 5) is 27.1. The second-order valence-corrected chi connectivity index (χ2v) is 8.19. The van der Waals surface area contributed by atoms with Crippen LogP contribution in [0.15, 0.2) is 89.7 Å². The Morgan fingerprint density at radius 1 is 0.759 bits per heavy atom. The molecule has 0 radical (unpaired) electrons. The number of para-hydroxylation sites is 2. The summed E-state index contributed by atoms with van der Waals surface area (Å²) in [6.45, 7) is 5.56. The van der Waals surface area contributed by atoms with Crippen LogP contribution in [0.5, 0.6) is 0 Å². The molecule has 0 aliphatic heterocycles. The van der Waals surface area contributed by atoms with Crippen molar-refractivity contribution in [3.8, 4) is 16.9 Å². The molecule has 0 spiro atoms. The summed E-state index contributed by atoms with van der Waals surface area (Å²) in [6.07, 6.45) is 0. The van der Waals surface area contributed by atoms with Crippen LogP contribution in [0.2, 0.25) is 0 Å². The van der Waals surface area contributed by atoms with Crippen LogP contribution in [0.25, 0.3) is 27.8 Å². The summed E-state index contributed by atoms with van der Waals surface area (Å²) >= 11 is 0. The van der Waals surface area contributed by atoms with E-state index in [9.17, 15) is 9.59 Å². The van der Waals surface area contributed by atoms with Crippen molar-refractivity contribution >= 4 is 16.7 Å². The van der Waals surface area contributed by atoms with E-state index in [-0.39, 0.29) is 16.8 Å². The molecule has 1 heterocycles. The predicted octanol–water partition coefficient (Wildman–Crippen LogP) is 5.89. The largest absolute Gasteiger partial charge is 0.308 e. The van der Waals surface area contributed by atoms with E-state index in [0.717, 1.165) is 16.8 Å². The fourth-order valence-electron chi connectivity index (χ4n) is 3.64. The maximum atomic E-state index is 13.6. The van der Waals surface area contributed by atoms with Crippen LogP contribution in [-0.2, 0) is 0 Å². The smallest absolute Gasteiger partial charge is 0.200 e. The number of Topliss-reactive ketones (excluding diaryl/α,β-unsaturated/α-hetero) is 1. The van der Waals surface area contributed by atoms with Gasteiger partial charge in [0.15, 0.2) is 5.78 Å². The van der Waals surface area contributed by atoms with E-state index in [1.54, 1.807) is 6.07 Å². The van der Waals surface area contributed by atoms with Gasteiger partial charge in [-0.2, -0.15) is 0 Å². The van der Waals surface area contributed by atoms with Crippen molar-refractivity contribution in [1.29, 1.82) is 0 Å². The third kappa shape index (κ3) is 3.29. The van der Waals surface area contributed by atoms with Crippen LogP contribution < -0.4 is 5.43 Å². The molecule has 0 fully saturated rings. The Labute approximate surface area is 170 Å². The molecule has 0 saturated carbocycles. The lowest BCUT2D eigenvalue weighted by atomic mass is 9.84. The summed E-state index contributed by atoms with van der Waals surface area (Å²) in [5.41, 5.74) is 2.52. The first-order chi connectivity index (χ1) is 13.9. The van der Waals surface area contributed by atoms with Crippen molar-refractivity contribution in [2.24, 2.45) is 5.41 Å². The van der Waals surface area contributed by atoms with E-state index in [0.29, 0.717) is 11.1 Å². The molecule has 3 nitrogen and oxygen atoms in total. The first kappa shape index (κ1) is 18.9. The molecule has 4 aromatic rings. The maximum Gasteiger partial charge on any atom is 0.200 e. The summed E-state index contributed by atoms with van der Waals surface area (Å²) < 4.78 is 2.03. The van der Waals surface area contributed by atoms with Crippen molar-refractivity contribution in [2.75, 3.05) is 0 Å². The van der Waals surface area contributed by atoms with Crippen LogP contribution in [-0.4, -0.2) is 10.4 Å². The van der Waals surface area contributed by atoms with E-state index in [1.165, 1.54) is 0 Å². The highest BCUT2D eigenvalue weighted by Gasteiger charge is 2.31. The van der Waals surface area contributed by atoms with Gasteiger partial charge < -0.3 is 4.57 Å². The molecular formula is C26H23NO2. The van der Waals surface area contributed by atoms with Gasteiger partial charge in [-0.1, -0.05) is 81.4 Å². The molecule has 144 valence electrons. The fraction of sp³-hybridized carbons (Fsp3) is 0.154. The Bertz CT molecular complexity index is 1250. The molecular weight excluding hydrogens is 358 g/mol. The molecule has 3 aromatic carbocycles. The maximum absolute atomic E-state index is 13.6. The monoisotopic (exact) mass is 381 g/mol. The van der Waals surface area contributed by atoms with Gasteiger partial charge in [0.25, 0.3) is 0 Å². The van der Waals surface area contributed by atoms with Crippen LogP contribution in [0.4, 0.5) is 0 Å². The number of pyridine rings is 1. The molecule has 4 rings (SSSR count). The summed E-state index contributed by atoms with van der Waals surface area (Å²) in [5.74, 6) is -0.156. The van der Waals surface area contributed by atoms with Crippen molar-refractivity contribution in [1.82, 2.24) is 4.57 Å². The highest BCUT2D eigenvalue weighted by atomic mass is 16.1. The van der Waals surface area contributed by atoms with Crippen molar-refractivity contribution in [3.63, 3.8) is 0 Å². The first-order valence-corrected chi connectivity index (χ1v) is 9.73. The number of fused-ring (bicyclic) bond motifs is 1. The summed E-state index contributed by atoms with van der Waals surface area (Å²) in [5, 5.41) is 0.545. The Morgan fingerprint density at radius 3 is 1.93 bits per heavy atom. The van der Waals surface area contributed by atoms with Gasteiger partial charge in [0.2, 0.25) is 5.43 Å². The second-order valence-electron chi connectivity index (χ2n) is 8.19. The molecule has 0 N–H and O–H groups in total. The van der Waals surface area contributed by atoms with E-state index in [4.69, 9.17) is 0 Å². The standard InChI is InChI=1S/C26H23NO2/c1-26(2,3)25(29)22-23(18-12-6-4-7-13-18)27(19-14-8-5-9-15-19)21-17-11-10-16-20(21)24(22)28/h4-17H,1-3H3. The third-order valence-electron chi connectivity index (χ3n) is 5.05. The van der Waals surface area contributed by atoms with Crippen molar-refractivity contribution in [3.05, 3.63) is 101 Å². The number of ketones is 1. The Kier molecular flexibility index (Phi) is 4.67. The lowest BCUT2D eigenvalue weighted by Crippen LogP contribution is -2.29. The number of nitrogens with zero attached hydrogens (tertiary/aromatic N) is 1. The van der Waals surface area contributed by atoms with Crippen LogP contribution in [0.1, 0.15) is 31.1 Å². The lowest BCUT2D eigenvalue weighted by Gasteiger charge is -2.24. The minimum absolute atomic E-state index is 0.156. The zero-order chi connectivity index (χ0) is 20.6.